The van der Waals surface area contributed by atoms with Gasteiger partial charge in [0.25, 0.3) is 0 Å². The van der Waals surface area contributed by atoms with Crippen molar-refractivity contribution in [3.8, 4) is 10.4 Å². The van der Waals surface area contributed by atoms with Crippen LogP contribution in [0.15, 0.2) is 24.3 Å². The molecule has 0 fully saturated rings. The van der Waals surface area contributed by atoms with E-state index in [0.29, 0.717) is 17.2 Å². The molecule has 100 valence electrons. The second-order valence-corrected chi connectivity index (χ2v) is 5.13. The molecule has 0 aliphatic carbocycles. The van der Waals surface area contributed by atoms with E-state index in [4.69, 9.17) is 10.5 Å². The van der Waals surface area contributed by atoms with E-state index >= 15 is 0 Å². The molecule has 3 nitrogen and oxygen atoms in total. The van der Waals surface area contributed by atoms with E-state index in [1.165, 1.54) is 23.5 Å². The molecule has 5 heteroatoms. The summed E-state index contributed by atoms with van der Waals surface area (Å²) in [6, 6.07) is 6.22. The third kappa shape index (κ3) is 2.76. The van der Waals surface area contributed by atoms with E-state index in [2.05, 4.69) is 0 Å². The maximum Gasteiger partial charge on any atom is 0.350 e. The minimum Gasteiger partial charge on any atom is -0.462 e. The van der Waals surface area contributed by atoms with Crippen molar-refractivity contribution in [1.82, 2.24) is 0 Å². The molecule has 0 radical (unpaired) electrons. The first-order chi connectivity index (χ1) is 9.02. The van der Waals surface area contributed by atoms with Crippen LogP contribution in [0.4, 0.5) is 10.1 Å². The van der Waals surface area contributed by atoms with Crippen LogP contribution in [0.5, 0.6) is 0 Å². The van der Waals surface area contributed by atoms with E-state index in [1.54, 1.807) is 19.1 Å². The molecule has 19 heavy (non-hydrogen) atoms. The van der Waals surface area contributed by atoms with Crippen LogP contribution < -0.4 is 5.73 Å². The van der Waals surface area contributed by atoms with Crippen LogP contribution in [0.2, 0.25) is 0 Å². The molecule has 0 saturated heterocycles. The van der Waals surface area contributed by atoms with Crippen LogP contribution >= 0.6 is 11.3 Å². The summed E-state index contributed by atoms with van der Waals surface area (Å²) >= 11 is 1.22. The Morgan fingerprint density at radius 1 is 1.42 bits per heavy atom. The Balaban J connectivity index is 2.44. The number of carbonyl (C=O) groups is 1. The predicted octanol–water partition coefficient (Wildman–Crippen LogP) is 3.62. The molecule has 1 aromatic carbocycles. The number of ether oxygens (including phenoxy) is 1. The molecule has 0 atom stereocenters. The van der Waals surface area contributed by atoms with Crippen molar-refractivity contribution >= 4 is 23.0 Å². The largest absolute Gasteiger partial charge is 0.462 e. The number of hydrogen-bond acceptors (Lipinski definition) is 4. The van der Waals surface area contributed by atoms with Crippen LogP contribution in [0, 0.1) is 12.7 Å². The van der Waals surface area contributed by atoms with E-state index in [1.807, 2.05) is 6.92 Å². The molecule has 0 spiro atoms. The molecular formula is C14H14FNO2S. The molecule has 0 aliphatic rings. The maximum absolute atomic E-state index is 13.3. The highest BCUT2D eigenvalue weighted by Crippen LogP contribution is 2.35. The second kappa shape index (κ2) is 5.40. The van der Waals surface area contributed by atoms with Gasteiger partial charge in [-0.2, -0.15) is 0 Å². The highest BCUT2D eigenvalue weighted by Gasteiger charge is 2.17. The summed E-state index contributed by atoms with van der Waals surface area (Å²) in [5.41, 5.74) is 7.85. The zero-order valence-corrected chi connectivity index (χ0v) is 11.5. The number of nitrogen functional groups attached to an aromatic ring is 1. The van der Waals surface area contributed by atoms with Gasteiger partial charge in [-0.25, -0.2) is 9.18 Å². The van der Waals surface area contributed by atoms with Crippen molar-refractivity contribution in [3.05, 3.63) is 40.5 Å². The second-order valence-electron chi connectivity index (χ2n) is 4.07. The summed E-state index contributed by atoms with van der Waals surface area (Å²) in [6.45, 7) is 3.92. The number of halogens is 1. The van der Waals surface area contributed by atoms with Gasteiger partial charge in [-0.15, -0.1) is 11.3 Å². The Morgan fingerprint density at radius 3 is 2.84 bits per heavy atom. The van der Waals surface area contributed by atoms with Gasteiger partial charge in [-0.05, 0) is 43.2 Å². The lowest BCUT2D eigenvalue weighted by Crippen LogP contribution is -2.04. The molecule has 2 aromatic rings. The number of nitrogens with two attached hydrogens (primary N) is 1. The first-order valence-corrected chi connectivity index (χ1v) is 6.67. The van der Waals surface area contributed by atoms with Crippen molar-refractivity contribution < 1.29 is 13.9 Å². The zero-order valence-electron chi connectivity index (χ0n) is 10.7. The van der Waals surface area contributed by atoms with Gasteiger partial charge in [-0.3, -0.25) is 0 Å². The van der Waals surface area contributed by atoms with Gasteiger partial charge in [0.1, 0.15) is 10.7 Å². The molecule has 0 aliphatic heterocycles. The Labute approximate surface area is 114 Å². The SMILES string of the molecule is CCOC(=O)c1sc(-c2cc(F)ccc2C)cc1N. The Hall–Kier alpha value is -1.88. The molecule has 0 unspecified atom stereocenters. The standard InChI is InChI=1S/C14H14FNO2S/c1-3-18-14(17)13-11(16)7-12(19-13)10-6-9(15)5-4-8(10)2/h4-7H,3,16H2,1-2H3. The summed E-state index contributed by atoms with van der Waals surface area (Å²) in [7, 11) is 0. The van der Waals surface area contributed by atoms with E-state index < -0.39 is 5.97 Å². The van der Waals surface area contributed by atoms with Crippen molar-refractivity contribution in [2.75, 3.05) is 12.3 Å². The number of aryl methyl sites for hydroxylation is 1. The monoisotopic (exact) mass is 279 g/mol. The van der Waals surface area contributed by atoms with Crippen LogP contribution in [0.25, 0.3) is 10.4 Å². The quantitative estimate of drug-likeness (QED) is 0.873. The lowest BCUT2D eigenvalue weighted by atomic mass is 10.1. The highest BCUT2D eigenvalue weighted by atomic mass is 32.1. The molecule has 2 rings (SSSR count). The summed E-state index contributed by atoms with van der Waals surface area (Å²) in [5, 5.41) is 0. The fourth-order valence-electron chi connectivity index (χ4n) is 1.75. The zero-order chi connectivity index (χ0) is 14.0. The number of thiophene rings is 1. The Bertz CT molecular complexity index is 622. The highest BCUT2D eigenvalue weighted by molar-refractivity contribution is 7.18. The van der Waals surface area contributed by atoms with Gasteiger partial charge >= 0.3 is 5.97 Å². The van der Waals surface area contributed by atoms with Gasteiger partial charge in [0, 0.05) is 4.88 Å². The minimum atomic E-state index is -0.440. The molecular weight excluding hydrogens is 265 g/mol. The third-order valence-electron chi connectivity index (χ3n) is 2.69. The van der Waals surface area contributed by atoms with Crippen LogP contribution in [-0.2, 0) is 4.74 Å². The van der Waals surface area contributed by atoms with Crippen molar-refractivity contribution in [1.29, 1.82) is 0 Å². The lowest BCUT2D eigenvalue weighted by molar-refractivity contribution is 0.0533. The van der Waals surface area contributed by atoms with Gasteiger partial charge in [0.05, 0.1) is 12.3 Å². The Kier molecular flexibility index (Phi) is 3.85. The Morgan fingerprint density at radius 2 is 2.16 bits per heavy atom. The van der Waals surface area contributed by atoms with Gasteiger partial charge < -0.3 is 10.5 Å². The lowest BCUT2D eigenvalue weighted by Gasteiger charge is -2.02. The topological polar surface area (TPSA) is 52.3 Å². The first kappa shape index (κ1) is 13.5. The van der Waals surface area contributed by atoms with Crippen molar-refractivity contribution in [3.63, 3.8) is 0 Å². The summed E-state index contributed by atoms with van der Waals surface area (Å²) in [4.78, 5) is 12.8. The van der Waals surface area contributed by atoms with Crippen LogP contribution in [-0.4, -0.2) is 12.6 Å². The van der Waals surface area contributed by atoms with E-state index in [0.717, 1.165) is 16.0 Å². The smallest absolute Gasteiger partial charge is 0.350 e. The van der Waals surface area contributed by atoms with Gasteiger partial charge in [-0.1, -0.05) is 6.07 Å². The fourth-order valence-corrected chi connectivity index (χ4v) is 2.81. The van der Waals surface area contributed by atoms with Crippen LogP contribution in [0.1, 0.15) is 22.2 Å². The molecule has 2 N–H and O–H groups in total. The van der Waals surface area contributed by atoms with E-state index in [9.17, 15) is 9.18 Å². The molecule has 1 heterocycles. The maximum atomic E-state index is 13.3. The number of anilines is 1. The summed E-state index contributed by atoms with van der Waals surface area (Å²) < 4.78 is 18.2. The summed E-state index contributed by atoms with van der Waals surface area (Å²) in [5.74, 6) is -0.754. The molecule has 0 amide bonds. The first-order valence-electron chi connectivity index (χ1n) is 5.86. The molecule has 0 bridgehead atoms. The minimum absolute atomic E-state index is 0.296. The predicted molar refractivity (Wildman–Crippen MR) is 74.8 cm³/mol. The van der Waals surface area contributed by atoms with Crippen LogP contribution in [0.3, 0.4) is 0 Å². The van der Waals surface area contributed by atoms with E-state index in [-0.39, 0.29) is 5.82 Å². The summed E-state index contributed by atoms with van der Waals surface area (Å²) in [6.07, 6.45) is 0. The fraction of sp³-hybridized carbons (Fsp3) is 0.214. The van der Waals surface area contributed by atoms with Crippen molar-refractivity contribution in [2.24, 2.45) is 0 Å². The molecule has 1 aromatic heterocycles. The molecule has 0 saturated carbocycles. The third-order valence-corrected chi connectivity index (χ3v) is 3.85. The number of carbonyl (C=O) groups excluding carboxylic acids is 1. The number of benzene rings is 1. The number of esters is 1. The van der Waals surface area contributed by atoms with Crippen molar-refractivity contribution in [2.45, 2.75) is 13.8 Å². The average Bonchev–Trinajstić information content (AvgIpc) is 2.74. The number of rotatable bonds is 3. The van der Waals surface area contributed by atoms with Gasteiger partial charge in [0.2, 0.25) is 0 Å². The normalized spacial score (nSPS) is 10.5. The average molecular weight is 279 g/mol. The number of hydrogen-bond donors (Lipinski definition) is 1. The van der Waals surface area contributed by atoms with Gasteiger partial charge in [0.15, 0.2) is 0 Å².